The van der Waals surface area contributed by atoms with E-state index >= 15 is 0 Å². The Kier molecular flexibility index (Phi) is 3.73. The van der Waals surface area contributed by atoms with Crippen molar-refractivity contribution in [2.45, 2.75) is 0 Å². The monoisotopic (exact) mass is 299 g/mol. The lowest BCUT2D eigenvalue weighted by Crippen LogP contribution is -2.06. The molecule has 0 amide bonds. The molecule has 0 spiro atoms. The summed E-state index contributed by atoms with van der Waals surface area (Å²) in [4.78, 5) is 18.4. The molecule has 2 aromatic rings. The molecule has 0 saturated carbocycles. The fourth-order valence-electron chi connectivity index (χ4n) is 1.35. The van der Waals surface area contributed by atoms with Crippen LogP contribution < -0.4 is 10.5 Å². The number of hydrogen-bond donors (Lipinski definition) is 2. The van der Waals surface area contributed by atoms with Gasteiger partial charge in [-0.15, -0.1) is 0 Å². The molecule has 0 aliphatic carbocycles. The topological polar surface area (TPSA) is 98.3 Å². The number of halogens is 2. The van der Waals surface area contributed by atoms with Gasteiger partial charge in [-0.05, 0) is 18.2 Å². The maximum atomic E-state index is 10.5. The van der Waals surface area contributed by atoms with E-state index in [1.54, 1.807) is 12.1 Å². The zero-order valence-corrected chi connectivity index (χ0v) is 10.8. The van der Waals surface area contributed by atoms with E-state index in [-0.39, 0.29) is 16.6 Å². The average molecular weight is 300 g/mol. The van der Waals surface area contributed by atoms with Crippen molar-refractivity contribution in [2.75, 3.05) is 5.73 Å². The van der Waals surface area contributed by atoms with Crippen molar-refractivity contribution in [1.29, 1.82) is 0 Å². The molecule has 0 saturated heterocycles. The van der Waals surface area contributed by atoms with Gasteiger partial charge in [0.05, 0.1) is 11.4 Å². The molecule has 8 heteroatoms. The van der Waals surface area contributed by atoms with Gasteiger partial charge in [0.1, 0.15) is 10.2 Å². The Hall–Kier alpha value is -2.05. The molecule has 0 bridgehead atoms. The van der Waals surface area contributed by atoms with E-state index in [1.807, 2.05) is 0 Å². The standard InChI is InChI=1S/C11H7Cl2N3O3/c12-8-2-1-5(4-15-8)7-3-6(14)9(13)10(16-7)19-11(17)18/h1-4H,(H2,14,16)(H,17,18). The number of rotatable bonds is 2. The zero-order chi connectivity index (χ0) is 14.0. The van der Waals surface area contributed by atoms with Crippen LogP contribution in [0, 0.1) is 0 Å². The first-order valence-electron chi connectivity index (χ1n) is 4.96. The molecular weight excluding hydrogens is 293 g/mol. The van der Waals surface area contributed by atoms with Gasteiger partial charge in [0.15, 0.2) is 0 Å². The Morgan fingerprint density at radius 1 is 1.37 bits per heavy atom. The Bertz CT molecular complexity index is 632. The summed E-state index contributed by atoms with van der Waals surface area (Å²) < 4.78 is 4.46. The number of nitrogens with zero attached hydrogens (tertiary/aromatic N) is 2. The van der Waals surface area contributed by atoms with Crippen molar-refractivity contribution in [3.63, 3.8) is 0 Å². The number of anilines is 1. The predicted octanol–water partition coefficient (Wildman–Crippen LogP) is 3.09. The summed E-state index contributed by atoms with van der Waals surface area (Å²) in [6.07, 6.45) is -0.0528. The Morgan fingerprint density at radius 3 is 2.68 bits per heavy atom. The van der Waals surface area contributed by atoms with Crippen LogP contribution in [-0.4, -0.2) is 21.2 Å². The van der Waals surface area contributed by atoms with Gasteiger partial charge in [0, 0.05) is 11.8 Å². The first-order valence-corrected chi connectivity index (χ1v) is 5.71. The van der Waals surface area contributed by atoms with Gasteiger partial charge in [0.25, 0.3) is 0 Å². The molecular formula is C11H7Cl2N3O3. The van der Waals surface area contributed by atoms with Gasteiger partial charge in [0.2, 0.25) is 5.88 Å². The molecule has 2 aromatic heterocycles. The second kappa shape index (κ2) is 5.29. The predicted molar refractivity (Wildman–Crippen MR) is 70.6 cm³/mol. The summed E-state index contributed by atoms with van der Waals surface area (Å²) in [6, 6.07) is 4.72. The van der Waals surface area contributed by atoms with Crippen LogP contribution >= 0.6 is 23.2 Å². The van der Waals surface area contributed by atoms with Gasteiger partial charge in [-0.25, -0.2) is 14.8 Å². The lowest BCUT2D eigenvalue weighted by molar-refractivity contribution is 0.142. The van der Waals surface area contributed by atoms with Crippen molar-refractivity contribution >= 4 is 35.0 Å². The molecule has 19 heavy (non-hydrogen) atoms. The number of nitrogens with two attached hydrogens (primary N) is 1. The van der Waals surface area contributed by atoms with E-state index in [4.69, 9.17) is 34.0 Å². The van der Waals surface area contributed by atoms with Crippen molar-refractivity contribution < 1.29 is 14.6 Å². The average Bonchev–Trinajstić information content (AvgIpc) is 2.35. The molecule has 0 aliphatic rings. The second-order valence-corrected chi connectivity index (χ2v) is 4.22. The molecule has 2 heterocycles. The van der Waals surface area contributed by atoms with Crippen molar-refractivity contribution in [3.05, 3.63) is 34.6 Å². The van der Waals surface area contributed by atoms with Crippen LogP contribution in [0.1, 0.15) is 0 Å². The first-order chi connectivity index (χ1) is 8.97. The number of carbonyl (C=O) groups is 1. The van der Waals surface area contributed by atoms with E-state index in [9.17, 15) is 4.79 Å². The van der Waals surface area contributed by atoms with E-state index in [0.29, 0.717) is 16.4 Å². The highest BCUT2D eigenvalue weighted by Crippen LogP contribution is 2.32. The van der Waals surface area contributed by atoms with Crippen molar-refractivity contribution in [2.24, 2.45) is 0 Å². The highest BCUT2D eigenvalue weighted by atomic mass is 35.5. The fourth-order valence-corrected chi connectivity index (χ4v) is 1.60. The summed E-state index contributed by atoms with van der Waals surface area (Å²) in [6.45, 7) is 0. The molecule has 0 unspecified atom stereocenters. The summed E-state index contributed by atoms with van der Waals surface area (Å²) in [7, 11) is 0. The smallest absolute Gasteiger partial charge is 0.449 e. The maximum absolute atomic E-state index is 10.5. The van der Waals surface area contributed by atoms with Gasteiger partial charge in [-0.3, -0.25) is 0 Å². The molecule has 0 aromatic carbocycles. The largest absolute Gasteiger partial charge is 0.512 e. The lowest BCUT2D eigenvalue weighted by atomic mass is 10.2. The minimum absolute atomic E-state index is 0.0620. The normalized spacial score (nSPS) is 10.2. The molecule has 0 fully saturated rings. The zero-order valence-electron chi connectivity index (χ0n) is 9.30. The number of carboxylic acid groups (broad SMARTS) is 1. The number of nitrogen functional groups attached to an aromatic ring is 1. The highest BCUT2D eigenvalue weighted by molar-refractivity contribution is 6.34. The highest BCUT2D eigenvalue weighted by Gasteiger charge is 2.14. The lowest BCUT2D eigenvalue weighted by Gasteiger charge is -2.08. The van der Waals surface area contributed by atoms with Gasteiger partial charge in [-0.1, -0.05) is 23.2 Å². The molecule has 0 radical (unpaired) electrons. The first kappa shape index (κ1) is 13.4. The van der Waals surface area contributed by atoms with Crippen LogP contribution in [0.5, 0.6) is 5.88 Å². The molecule has 98 valence electrons. The third-order valence-electron chi connectivity index (χ3n) is 2.16. The molecule has 3 N–H and O–H groups in total. The van der Waals surface area contributed by atoms with Crippen molar-refractivity contribution in [1.82, 2.24) is 9.97 Å². The number of pyridine rings is 2. The molecule has 0 aliphatic heterocycles. The Labute approximate surface area is 117 Å². The van der Waals surface area contributed by atoms with Gasteiger partial charge < -0.3 is 15.6 Å². The second-order valence-electron chi connectivity index (χ2n) is 3.45. The summed E-state index contributed by atoms with van der Waals surface area (Å²) >= 11 is 11.5. The van der Waals surface area contributed by atoms with Gasteiger partial charge >= 0.3 is 6.16 Å². The third kappa shape index (κ3) is 3.04. The van der Waals surface area contributed by atoms with Crippen LogP contribution in [0.25, 0.3) is 11.3 Å². The number of hydrogen-bond acceptors (Lipinski definition) is 5. The maximum Gasteiger partial charge on any atom is 0.512 e. The number of ether oxygens (including phenoxy) is 1. The summed E-state index contributed by atoms with van der Waals surface area (Å²) in [5, 5.41) is 8.85. The third-order valence-corrected chi connectivity index (χ3v) is 2.77. The van der Waals surface area contributed by atoms with Crippen LogP contribution in [-0.2, 0) is 0 Å². The van der Waals surface area contributed by atoms with E-state index in [2.05, 4.69) is 14.7 Å². The van der Waals surface area contributed by atoms with Crippen LogP contribution in [0.15, 0.2) is 24.4 Å². The van der Waals surface area contributed by atoms with E-state index in [1.165, 1.54) is 12.3 Å². The SMILES string of the molecule is Nc1cc(-c2ccc(Cl)nc2)nc(OC(=O)O)c1Cl. The van der Waals surface area contributed by atoms with E-state index in [0.717, 1.165) is 0 Å². The quantitative estimate of drug-likeness (QED) is 0.653. The molecule has 6 nitrogen and oxygen atoms in total. The van der Waals surface area contributed by atoms with Gasteiger partial charge in [-0.2, -0.15) is 0 Å². The van der Waals surface area contributed by atoms with Crippen molar-refractivity contribution in [3.8, 4) is 17.1 Å². The fraction of sp³-hybridized carbons (Fsp3) is 0. The minimum Gasteiger partial charge on any atom is -0.449 e. The summed E-state index contributed by atoms with van der Waals surface area (Å²) in [5.74, 6) is -0.279. The van der Waals surface area contributed by atoms with Crippen LogP contribution in [0.3, 0.4) is 0 Å². The summed E-state index contributed by atoms with van der Waals surface area (Å²) in [5.41, 5.74) is 6.80. The number of aromatic nitrogens is 2. The minimum atomic E-state index is -1.53. The van der Waals surface area contributed by atoms with Crippen LogP contribution in [0.4, 0.5) is 10.5 Å². The Balaban J connectivity index is 2.49. The molecule has 0 atom stereocenters. The molecule has 2 rings (SSSR count). The Morgan fingerprint density at radius 2 is 2.11 bits per heavy atom. The van der Waals surface area contributed by atoms with E-state index < -0.39 is 6.16 Å². The van der Waals surface area contributed by atoms with Crippen LogP contribution in [0.2, 0.25) is 10.2 Å².